The average molecular weight is 244 g/mol. The SMILES string of the molecule is COC(=O)C1CCN(C(=O)N(C)CC(=O)O)C1. The molecular formula is C10H16N2O5. The van der Waals surface area contributed by atoms with Crippen molar-refractivity contribution >= 4 is 18.0 Å². The van der Waals surface area contributed by atoms with Gasteiger partial charge in [0.05, 0.1) is 13.0 Å². The number of aliphatic carboxylic acids is 1. The standard InChI is InChI=1S/C10H16N2O5/c1-11(6-8(13)14)10(16)12-4-3-7(5-12)9(15)17-2/h7H,3-6H2,1-2H3,(H,13,14). The summed E-state index contributed by atoms with van der Waals surface area (Å²) in [5.41, 5.74) is 0. The van der Waals surface area contributed by atoms with Crippen LogP contribution in [0.5, 0.6) is 0 Å². The number of methoxy groups -OCH3 is 1. The third-order valence-electron chi connectivity index (χ3n) is 2.69. The summed E-state index contributed by atoms with van der Waals surface area (Å²) < 4.78 is 4.60. The van der Waals surface area contributed by atoms with Gasteiger partial charge in [0, 0.05) is 20.1 Å². The van der Waals surface area contributed by atoms with Crippen molar-refractivity contribution in [2.45, 2.75) is 6.42 Å². The lowest BCUT2D eigenvalue weighted by Gasteiger charge is -2.23. The summed E-state index contributed by atoms with van der Waals surface area (Å²) in [6.45, 7) is 0.385. The van der Waals surface area contributed by atoms with Gasteiger partial charge in [-0.2, -0.15) is 0 Å². The molecule has 1 heterocycles. The molecule has 2 amide bonds. The number of amides is 2. The molecule has 1 N–H and O–H groups in total. The maximum Gasteiger partial charge on any atom is 0.323 e. The molecule has 0 saturated carbocycles. The zero-order valence-electron chi connectivity index (χ0n) is 9.88. The molecule has 1 aliphatic heterocycles. The van der Waals surface area contributed by atoms with Crippen LogP contribution in [-0.4, -0.2) is 66.7 Å². The van der Waals surface area contributed by atoms with E-state index >= 15 is 0 Å². The second-order valence-electron chi connectivity index (χ2n) is 3.99. The molecule has 17 heavy (non-hydrogen) atoms. The first kappa shape index (κ1) is 13.3. The Bertz CT molecular complexity index is 331. The van der Waals surface area contributed by atoms with Crippen LogP contribution in [0.4, 0.5) is 4.79 Å². The van der Waals surface area contributed by atoms with Gasteiger partial charge < -0.3 is 19.6 Å². The first-order chi connectivity index (χ1) is 7.95. The number of carboxylic acid groups (broad SMARTS) is 1. The number of hydrogen-bond donors (Lipinski definition) is 1. The van der Waals surface area contributed by atoms with E-state index in [1.165, 1.54) is 19.1 Å². The van der Waals surface area contributed by atoms with E-state index < -0.39 is 5.97 Å². The van der Waals surface area contributed by atoms with Crippen LogP contribution in [0.2, 0.25) is 0 Å². The summed E-state index contributed by atoms with van der Waals surface area (Å²) in [7, 11) is 2.73. The number of likely N-dealkylation sites (N-methyl/N-ethyl adjacent to an activating group) is 1. The van der Waals surface area contributed by atoms with Crippen LogP contribution in [0.1, 0.15) is 6.42 Å². The summed E-state index contributed by atoms with van der Waals surface area (Å²) in [6, 6.07) is -0.376. The third kappa shape index (κ3) is 3.33. The highest BCUT2D eigenvalue weighted by molar-refractivity contribution is 5.81. The molecule has 1 rings (SSSR count). The van der Waals surface area contributed by atoms with E-state index in [2.05, 4.69) is 4.74 Å². The summed E-state index contributed by atoms with van der Waals surface area (Å²) in [5, 5.41) is 8.57. The van der Waals surface area contributed by atoms with Crippen molar-refractivity contribution in [1.82, 2.24) is 9.80 Å². The van der Waals surface area contributed by atoms with Crippen LogP contribution >= 0.6 is 0 Å². The van der Waals surface area contributed by atoms with Gasteiger partial charge in [0.1, 0.15) is 6.54 Å². The van der Waals surface area contributed by atoms with E-state index in [0.717, 1.165) is 4.90 Å². The van der Waals surface area contributed by atoms with E-state index in [-0.39, 0.29) is 31.0 Å². The Morgan fingerprint density at radius 1 is 1.47 bits per heavy atom. The number of rotatable bonds is 3. The van der Waals surface area contributed by atoms with Crippen molar-refractivity contribution in [3.05, 3.63) is 0 Å². The summed E-state index contributed by atoms with van der Waals surface area (Å²) >= 11 is 0. The monoisotopic (exact) mass is 244 g/mol. The molecule has 1 atom stereocenters. The highest BCUT2D eigenvalue weighted by Gasteiger charge is 2.33. The fourth-order valence-corrected chi connectivity index (χ4v) is 1.81. The Balaban J connectivity index is 2.50. The largest absolute Gasteiger partial charge is 0.480 e. The van der Waals surface area contributed by atoms with E-state index in [9.17, 15) is 14.4 Å². The molecule has 0 radical (unpaired) electrons. The van der Waals surface area contributed by atoms with Crippen LogP contribution in [-0.2, 0) is 14.3 Å². The molecule has 0 aromatic heterocycles. The molecular weight excluding hydrogens is 228 g/mol. The normalized spacial score (nSPS) is 18.9. The lowest BCUT2D eigenvalue weighted by molar-refractivity contribution is -0.145. The Hall–Kier alpha value is -1.79. The predicted molar refractivity (Wildman–Crippen MR) is 57.4 cm³/mol. The topological polar surface area (TPSA) is 87.2 Å². The number of esters is 1. The Morgan fingerprint density at radius 2 is 2.12 bits per heavy atom. The van der Waals surface area contributed by atoms with Gasteiger partial charge in [0.15, 0.2) is 0 Å². The van der Waals surface area contributed by atoms with Gasteiger partial charge in [-0.05, 0) is 6.42 Å². The quantitative estimate of drug-likeness (QED) is 0.684. The number of carbonyl (C=O) groups is 3. The lowest BCUT2D eigenvalue weighted by Crippen LogP contribution is -2.42. The molecule has 7 heteroatoms. The predicted octanol–water partition coefficient (Wildman–Crippen LogP) is -0.382. The zero-order valence-corrected chi connectivity index (χ0v) is 9.88. The first-order valence-corrected chi connectivity index (χ1v) is 5.25. The zero-order chi connectivity index (χ0) is 13.0. The lowest BCUT2D eigenvalue weighted by atomic mass is 10.1. The minimum absolute atomic E-state index is 0.287. The minimum Gasteiger partial charge on any atom is -0.480 e. The maximum absolute atomic E-state index is 11.8. The molecule has 0 bridgehead atoms. The number of hydrogen-bond acceptors (Lipinski definition) is 4. The van der Waals surface area contributed by atoms with Crippen molar-refractivity contribution in [2.75, 3.05) is 33.8 Å². The molecule has 1 saturated heterocycles. The summed E-state index contributed by atoms with van der Waals surface area (Å²) in [6.07, 6.45) is 0.555. The van der Waals surface area contributed by atoms with E-state index in [0.29, 0.717) is 13.0 Å². The highest BCUT2D eigenvalue weighted by Crippen LogP contribution is 2.18. The van der Waals surface area contributed by atoms with Crippen LogP contribution < -0.4 is 0 Å². The molecule has 7 nitrogen and oxygen atoms in total. The smallest absolute Gasteiger partial charge is 0.323 e. The van der Waals surface area contributed by atoms with Gasteiger partial charge in [0.25, 0.3) is 0 Å². The number of carboxylic acids is 1. The van der Waals surface area contributed by atoms with Gasteiger partial charge in [-0.15, -0.1) is 0 Å². The molecule has 1 fully saturated rings. The van der Waals surface area contributed by atoms with Gasteiger partial charge >= 0.3 is 18.0 Å². The Labute approximate surface area is 98.9 Å². The van der Waals surface area contributed by atoms with Crippen molar-refractivity contribution in [2.24, 2.45) is 5.92 Å². The second-order valence-corrected chi connectivity index (χ2v) is 3.99. The Kier molecular flexibility index (Phi) is 4.30. The van der Waals surface area contributed by atoms with Gasteiger partial charge in [-0.1, -0.05) is 0 Å². The fourth-order valence-electron chi connectivity index (χ4n) is 1.81. The number of likely N-dealkylation sites (tertiary alicyclic amines) is 1. The van der Waals surface area contributed by atoms with Gasteiger partial charge in [-0.25, -0.2) is 4.79 Å². The van der Waals surface area contributed by atoms with Crippen molar-refractivity contribution in [3.8, 4) is 0 Å². The number of carbonyl (C=O) groups excluding carboxylic acids is 2. The molecule has 0 aliphatic carbocycles. The molecule has 1 unspecified atom stereocenters. The molecule has 1 aliphatic rings. The van der Waals surface area contributed by atoms with Crippen LogP contribution in [0.25, 0.3) is 0 Å². The van der Waals surface area contributed by atoms with Crippen LogP contribution in [0, 0.1) is 5.92 Å². The molecule has 0 spiro atoms. The van der Waals surface area contributed by atoms with Crippen LogP contribution in [0.3, 0.4) is 0 Å². The number of urea groups is 1. The van der Waals surface area contributed by atoms with E-state index in [1.807, 2.05) is 0 Å². The minimum atomic E-state index is -1.07. The van der Waals surface area contributed by atoms with Crippen molar-refractivity contribution < 1.29 is 24.2 Å². The van der Waals surface area contributed by atoms with Crippen molar-refractivity contribution in [3.63, 3.8) is 0 Å². The second kappa shape index (κ2) is 5.51. The third-order valence-corrected chi connectivity index (χ3v) is 2.69. The fraction of sp³-hybridized carbons (Fsp3) is 0.700. The van der Waals surface area contributed by atoms with E-state index in [4.69, 9.17) is 5.11 Å². The number of ether oxygens (including phenoxy) is 1. The molecule has 0 aromatic carbocycles. The Morgan fingerprint density at radius 3 is 2.65 bits per heavy atom. The molecule has 96 valence electrons. The van der Waals surface area contributed by atoms with Crippen LogP contribution in [0.15, 0.2) is 0 Å². The number of nitrogens with zero attached hydrogens (tertiary/aromatic N) is 2. The summed E-state index contributed by atoms with van der Waals surface area (Å²) in [4.78, 5) is 36.1. The first-order valence-electron chi connectivity index (χ1n) is 5.25. The maximum atomic E-state index is 11.8. The van der Waals surface area contributed by atoms with Crippen molar-refractivity contribution in [1.29, 1.82) is 0 Å². The molecule has 0 aromatic rings. The van der Waals surface area contributed by atoms with Gasteiger partial charge in [0.2, 0.25) is 0 Å². The van der Waals surface area contributed by atoms with Gasteiger partial charge in [-0.3, -0.25) is 9.59 Å². The van der Waals surface area contributed by atoms with E-state index in [1.54, 1.807) is 0 Å². The average Bonchev–Trinajstić information content (AvgIpc) is 2.75. The highest BCUT2D eigenvalue weighted by atomic mass is 16.5. The summed E-state index contributed by atoms with van der Waals surface area (Å²) in [5.74, 6) is -1.70.